The fraction of sp³-hybridized carbons (Fsp3) is 0.700. The Labute approximate surface area is 135 Å². The average molecular weight is 304 g/mol. The molecular weight excluding hydrogens is 272 g/mol. The summed E-state index contributed by atoms with van der Waals surface area (Å²) >= 11 is 0. The van der Waals surface area contributed by atoms with Crippen molar-refractivity contribution in [1.29, 1.82) is 0 Å². The standard InChI is InChI=1S/C20H32O2/c1-13-7-6-8-15(3)19(22)18(21)12-14(2)9-10-16-17(11-13)20(16,4)5/h8,11-12,16-19,21-22H,6-7,9-10H2,1-5H3/b13-11+,14-12+,15-8+/t16-,17+,18+,19+/m0/s1. The van der Waals surface area contributed by atoms with E-state index < -0.39 is 12.2 Å². The maximum Gasteiger partial charge on any atom is 0.104 e. The Kier molecular flexibility index (Phi) is 5.34. The van der Waals surface area contributed by atoms with E-state index >= 15 is 0 Å². The van der Waals surface area contributed by atoms with Gasteiger partial charge in [0.05, 0.1) is 0 Å². The molecular formula is C20H32O2. The molecule has 0 heterocycles. The largest absolute Gasteiger partial charge is 0.386 e. The van der Waals surface area contributed by atoms with Crippen LogP contribution in [0, 0.1) is 17.3 Å². The summed E-state index contributed by atoms with van der Waals surface area (Å²) < 4.78 is 0. The first kappa shape index (κ1) is 17.5. The van der Waals surface area contributed by atoms with Gasteiger partial charge in [-0.2, -0.15) is 0 Å². The van der Waals surface area contributed by atoms with Crippen LogP contribution in [-0.4, -0.2) is 22.4 Å². The van der Waals surface area contributed by atoms with Crippen molar-refractivity contribution in [2.75, 3.05) is 0 Å². The van der Waals surface area contributed by atoms with Gasteiger partial charge in [-0.1, -0.05) is 43.2 Å². The van der Waals surface area contributed by atoms with Gasteiger partial charge in [-0.15, -0.1) is 0 Å². The van der Waals surface area contributed by atoms with Crippen molar-refractivity contribution in [3.8, 4) is 0 Å². The maximum atomic E-state index is 10.2. The molecule has 4 atom stereocenters. The lowest BCUT2D eigenvalue weighted by molar-refractivity contribution is 0.0723. The second kappa shape index (κ2) is 6.72. The second-order valence-corrected chi connectivity index (χ2v) is 7.94. The van der Waals surface area contributed by atoms with Crippen LogP contribution >= 0.6 is 0 Å². The van der Waals surface area contributed by atoms with Gasteiger partial charge in [0.2, 0.25) is 0 Å². The Bertz CT molecular complexity index is 496. The summed E-state index contributed by atoms with van der Waals surface area (Å²) in [4.78, 5) is 0. The Morgan fingerprint density at radius 3 is 2.32 bits per heavy atom. The molecule has 1 fully saturated rings. The van der Waals surface area contributed by atoms with E-state index in [-0.39, 0.29) is 0 Å². The highest BCUT2D eigenvalue weighted by atomic mass is 16.3. The summed E-state index contributed by atoms with van der Waals surface area (Å²) in [6.45, 7) is 10.9. The minimum absolute atomic E-state index is 0.408. The van der Waals surface area contributed by atoms with E-state index in [1.807, 2.05) is 13.0 Å². The molecule has 22 heavy (non-hydrogen) atoms. The molecule has 2 nitrogen and oxygen atoms in total. The zero-order chi connectivity index (χ0) is 16.5. The van der Waals surface area contributed by atoms with Crippen LogP contribution in [0.2, 0.25) is 0 Å². The molecule has 0 aromatic heterocycles. The number of hydrogen-bond donors (Lipinski definition) is 2. The monoisotopic (exact) mass is 304 g/mol. The SMILES string of the molecule is C/C1=C\[C@@H]2[C@H](CC/C(C)=C/[C@@H](O)[C@H](O)/C(C)=C/CC1)C2(C)C. The van der Waals surface area contributed by atoms with Gasteiger partial charge in [0, 0.05) is 0 Å². The van der Waals surface area contributed by atoms with Crippen LogP contribution < -0.4 is 0 Å². The first-order valence-electron chi connectivity index (χ1n) is 8.61. The van der Waals surface area contributed by atoms with E-state index in [1.165, 1.54) is 17.6 Å². The second-order valence-electron chi connectivity index (χ2n) is 7.94. The molecule has 2 rings (SSSR count). The van der Waals surface area contributed by atoms with E-state index in [9.17, 15) is 10.2 Å². The number of fused-ring (bicyclic) bond motifs is 1. The van der Waals surface area contributed by atoms with Gasteiger partial charge in [0.15, 0.2) is 0 Å². The van der Waals surface area contributed by atoms with E-state index in [1.54, 1.807) is 0 Å². The van der Waals surface area contributed by atoms with Crippen LogP contribution in [0.15, 0.2) is 34.9 Å². The molecule has 2 aliphatic carbocycles. The molecule has 0 unspecified atom stereocenters. The molecule has 0 bridgehead atoms. The van der Waals surface area contributed by atoms with Crippen LogP contribution in [-0.2, 0) is 0 Å². The van der Waals surface area contributed by atoms with E-state index in [0.717, 1.165) is 30.8 Å². The van der Waals surface area contributed by atoms with Gasteiger partial charge in [0.1, 0.15) is 12.2 Å². The normalized spacial score (nSPS) is 43.5. The first-order chi connectivity index (χ1) is 10.2. The fourth-order valence-electron chi connectivity index (χ4n) is 3.83. The van der Waals surface area contributed by atoms with Gasteiger partial charge in [-0.3, -0.25) is 0 Å². The summed E-state index contributed by atoms with van der Waals surface area (Å²) in [5.41, 5.74) is 3.90. The van der Waals surface area contributed by atoms with Gasteiger partial charge in [0.25, 0.3) is 0 Å². The third-order valence-electron chi connectivity index (χ3n) is 5.70. The van der Waals surface area contributed by atoms with Crippen molar-refractivity contribution in [2.45, 2.75) is 72.5 Å². The van der Waals surface area contributed by atoms with Gasteiger partial charge < -0.3 is 10.2 Å². The van der Waals surface area contributed by atoms with Crippen LogP contribution in [0.1, 0.15) is 60.3 Å². The van der Waals surface area contributed by atoms with Crippen molar-refractivity contribution in [3.63, 3.8) is 0 Å². The zero-order valence-corrected chi connectivity index (χ0v) is 14.8. The molecule has 0 saturated heterocycles. The Balaban J connectivity index is 2.20. The molecule has 0 aliphatic heterocycles. The maximum absolute atomic E-state index is 10.2. The number of rotatable bonds is 0. The predicted octanol–water partition coefficient (Wildman–Crippen LogP) is 4.39. The molecule has 2 heteroatoms. The number of allylic oxidation sites excluding steroid dienone is 4. The summed E-state index contributed by atoms with van der Waals surface area (Å²) in [6.07, 6.45) is 8.93. The Morgan fingerprint density at radius 1 is 1.00 bits per heavy atom. The molecule has 0 aromatic carbocycles. The van der Waals surface area contributed by atoms with Crippen LogP contribution in [0.25, 0.3) is 0 Å². The van der Waals surface area contributed by atoms with Crippen molar-refractivity contribution in [2.24, 2.45) is 17.3 Å². The average Bonchev–Trinajstić information content (AvgIpc) is 2.94. The van der Waals surface area contributed by atoms with Crippen LogP contribution in [0.3, 0.4) is 0 Å². The highest BCUT2D eigenvalue weighted by molar-refractivity contribution is 5.20. The molecule has 2 N–H and O–H groups in total. The lowest BCUT2D eigenvalue weighted by atomic mass is 9.98. The number of hydrogen-bond acceptors (Lipinski definition) is 2. The highest BCUT2D eigenvalue weighted by Gasteiger charge is 2.55. The fourth-order valence-corrected chi connectivity index (χ4v) is 3.83. The molecule has 0 aromatic rings. The smallest absolute Gasteiger partial charge is 0.104 e. The van der Waals surface area contributed by atoms with Crippen LogP contribution in [0.4, 0.5) is 0 Å². The molecule has 0 amide bonds. The zero-order valence-electron chi connectivity index (χ0n) is 14.8. The summed E-state index contributed by atoms with van der Waals surface area (Å²) in [7, 11) is 0. The van der Waals surface area contributed by atoms with E-state index in [4.69, 9.17) is 0 Å². The molecule has 0 radical (unpaired) electrons. The summed E-state index contributed by atoms with van der Waals surface area (Å²) in [5.74, 6) is 1.44. The lowest BCUT2D eigenvalue weighted by Crippen LogP contribution is -2.25. The molecule has 124 valence electrons. The van der Waals surface area contributed by atoms with E-state index in [2.05, 4.69) is 39.8 Å². The van der Waals surface area contributed by atoms with Gasteiger partial charge in [-0.05, 0) is 69.3 Å². The minimum Gasteiger partial charge on any atom is -0.386 e. The van der Waals surface area contributed by atoms with Crippen molar-refractivity contribution < 1.29 is 10.2 Å². The number of aliphatic hydroxyl groups excluding tert-OH is 2. The van der Waals surface area contributed by atoms with Crippen molar-refractivity contribution in [3.05, 3.63) is 34.9 Å². The molecule has 0 spiro atoms. The van der Waals surface area contributed by atoms with Crippen molar-refractivity contribution >= 4 is 0 Å². The van der Waals surface area contributed by atoms with Crippen molar-refractivity contribution in [1.82, 2.24) is 0 Å². The van der Waals surface area contributed by atoms with Gasteiger partial charge in [-0.25, -0.2) is 0 Å². The van der Waals surface area contributed by atoms with E-state index in [0.29, 0.717) is 11.3 Å². The predicted molar refractivity (Wildman–Crippen MR) is 92.5 cm³/mol. The highest BCUT2D eigenvalue weighted by Crippen LogP contribution is 2.61. The third-order valence-corrected chi connectivity index (χ3v) is 5.70. The molecule has 2 aliphatic rings. The quantitative estimate of drug-likeness (QED) is 0.651. The topological polar surface area (TPSA) is 40.5 Å². The Morgan fingerprint density at radius 2 is 1.64 bits per heavy atom. The third kappa shape index (κ3) is 3.91. The van der Waals surface area contributed by atoms with Crippen LogP contribution in [0.5, 0.6) is 0 Å². The summed E-state index contributed by atoms with van der Waals surface area (Å²) in [5, 5.41) is 20.4. The molecule has 1 saturated carbocycles. The first-order valence-corrected chi connectivity index (χ1v) is 8.61. The number of aliphatic hydroxyl groups is 2. The summed E-state index contributed by atoms with van der Waals surface area (Å²) in [6, 6.07) is 0. The lowest BCUT2D eigenvalue weighted by Gasteiger charge is -2.17. The Hall–Kier alpha value is -0.860. The van der Waals surface area contributed by atoms with Gasteiger partial charge >= 0.3 is 0 Å². The minimum atomic E-state index is -0.793.